The van der Waals surface area contributed by atoms with Gasteiger partial charge in [-0.15, -0.1) is 0 Å². The van der Waals surface area contributed by atoms with E-state index in [2.05, 4.69) is 22.0 Å². The van der Waals surface area contributed by atoms with Crippen LogP contribution in [0.15, 0.2) is 22.7 Å². The summed E-state index contributed by atoms with van der Waals surface area (Å²) in [5.41, 5.74) is 1.23. The molecule has 0 unspecified atom stereocenters. The summed E-state index contributed by atoms with van der Waals surface area (Å²) in [6, 6.07) is 6.09. The predicted octanol–water partition coefficient (Wildman–Crippen LogP) is 3.12. The summed E-state index contributed by atoms with van der Waals surface area (Å²) in [7, 11) is 3.10. The molecule has 0 saturated heterocycles. The highest BCUT2D eigenvalue weighted by molar-refractivity contribution is 9.10. The third-order valence-electron chi connectivity index (χ3n) is 3.32. The topological polar surface area (TPSA) is 35.5 Å². The van der Waals surface area contributed by atoms with Crippen LogP contribution in [-0.4, -0.2) is 20.2 Å². The van der Waals surface area contributed by atoms with E-state index < -0.39 is 0 Å². The van der Waals surface area contributed by atoms with Gasteiger partial charge >= 0.3 is 5.97 Å². The van der Waals surface area contributed by atoms with E-state index in [0.29, 0.717) is 5.92 Å². The zero-order chi connectivity index (χ0) is 12.4. The van der Waals surface area contributed by atoms with Gasteiger partial charge in [0.05, 0.1) is 24.6 Å². The molecule has 0 aliphatic heterocycles. The summed E-state index contributed by atoms with van der Waals surface area (Å²) < 4.78 is 10.9. The van der Waals surface area contributed by atoms with E-state index in [-0.39, 0.29) is 11.9 Å². The second-order valence-corrected chi connectivity index (χ2v) is 5.14. The maximum Gasteiger partial charge on any atom is 0.308 e. The number of rotatable bonds is 3. The molecule has 1 aromatic carbocycles. The van der Waals surface area contributed by atoms with Crippen molar-refractivity contribution in [3.63, 3.8) is 0 Å². The average molecular weight is 299 g/mol. The lowest BCUT2D eigenvalue weighted by Gasteiger charge is -2.33. The number of benzene rings is 1. The number of halogens is 1. The Morgan fingerprint density at radius 3 is 2.65 bits per heavy atom. The van der Waals surface area contributed by atoms with E-state index in [9.17, 15) is 4.79 Å². The van der Waals surface area contributed by atoms with Gasteiger partial charge in [-0.3, -0.25) is 4.79 Å². The minimum atomic E-state index is -0.0923. The van der Waals surface area contributed by atoms with Crippen molar-refractivity contribution in [3.05, 3.63) is 28.2 Å². The van der Waals surface area contributed by atoms with Crippen LogP contribution in [-0.2, 0) is 9.53 Å². The Morgan fingerprint density at radius 1 is 1.35 bits per heavy atom. The van der Waals surface area contributed by atoms with Crippen molar-refractivity contribution in [2.75, 3.05) is 14.2 Å². The number of methoxy groups -OCH3 is 2. The maximum atomic E-state index is 11.3. The molecule has 1 aromatic rings. The van der Waals surface area contributed by atoms with E-state index >= 15 is 0 Å². The molecule has 2 rings (SSSR count). The summed E-state index contributed by atoms with van der Waals surface area (Å²) in [5.74, 6) is 1.26. The van der Waals surface area contributed by atoms with Gasteiger partial charge in [-0.05, 0) is 52.4 Å². The van der Waals surface area contributed by atoms with E-state index in [0.717, 1.165) is 23.1 Å². The van der Waals surface area contributed by atoms with Crippen molar-refractivity contribution in [1.29, 1.82) is 0 Å². The third kappa shape index (κ3) is 2.46. The number of esters is 1. The molecule has 0 heterocycles. The average Bonchev–Trinajstić information content (AvgIpc) is 2.29. The molecule has 92 valence electrons. The van der Waals surface area contributed by atoms with Gasteiger partial charge in [-0.25, -0.2) is 0 Å². The van der Waals surface area contributed by atoms with Gasteiger partial charge in [-0.1, -0.05) is 6.07 Å². The lowest BCUT2D eigenvalue weighted by Crippen LogP contribution is -2.29. The summed E-state index contributed by atoms with van der Waals surface area (Å²) in [6.45, 7) is 0. The van der Waals surface area contributed by atoms with Gasteiger partial charge < -0.3 is 9.47 Å². The number of carbonyl (C=O) groups is 1. The number of hydrogen-bond donors (Lipinski definition) is 0. The number of carbonyl (C=O) groups excluding carboxylic acids is 1. The lowest BCUT2D eigenvalue weighted by atomic mass is 9.71. The number of ether oxygens (including phenoxy) is 2. The smallest absolute Gasteiger partial charge is 0.308 e. The van der Waals surface area contributed by atoms with E-state index in [1.165, 1.54) is 12.7 Å². The van der Waals surface area contributed by atoms with E-state index in [1.54, 1.807) is 7.11 Å². The molecule has 1 fully saturated rings. The highest BCUT2D eigenvalue weighted by atomic mass is 79.9. The Morgan fingerprint density at radius 2 is 2.06 bits per heavy atom. The summed E-state index contributed by atoms with van der Waals surface area (Å²) in [4.78, 5) is 11.3. The molecule has 0 amide bonds. The highest BCUT2D eigenvalue weighted by Gasteiger charge is 2.36. The van der Waals surface area contributed by atoms with Crippen molar-refractivity contribution < 1.29 is 14.3 Å². The predicted molar refractivity (Wildman–Crippen MR) is 68.2 cm³/mol. The minimum absolute atomic E-state index is 0.0691. The first-order valence-corrected chi connectivity index (χ1v) is 6.36. The second-order valence-electron chi connectivity index (χ2n) is 4.28. The Labute approximate surface area is 109 Å². The fourth-order valence-corrected chi connectivity index (χ4v) is 2.59. The van der Waals surface area contributed by atoms with Crippen LogP contribution in [0.1, 0.15) is 24.3 Å². The first kappa shape index (κ1) is 12.4. The van der Waals surface area contributed by atoms with Crippen molar-refractivity contribution in [1.82, 2.24) is 0 Å². The molecule has 1 aliphatic rings. The van der Waals surface area contributed by atoms with Gasteiger partial charge in [0.15, 0.2) is 0 Å². The molecular weight excluding hydrogens is 284 g/mol. The van der Waals surface area contributed by atoms with Crippen LogP contribution >= 0.6 is 15.9 Å². The largest absolute Gasteiger partial charge is 0.496 e. The van der Waals surface area contributed by atoms with Crippen molar-refractivity contribution in [3.8, 4) is 5.75 Å². The van der Waals surface area contributed by atoms with Crippen molar-refractivity contribution in [2.24, 2.45) is 5.92 Å². The van der Waals surface area contributed by atoms with Crippen LogP contribution in [0.3, 0.4) is 0 Å². The highest BCUT2D eigenvalue weighted by Crippen LogP contribution is 2.43. The van der Waals surface area contributed by atoms with Crippen LogP contribution in [0.4, 0.5) is 0 Å². The molecule has 0 atom stereocenters. The van der Waals surface area contributed by atoms with E-state index in [4.69, 9.17) is 9.47 Å². The van der Waals surface area contributed by atoms with E-state index in [1.807, 2.05) is 12.1 Å². The normalized spacial score (nSPS) is 22.8. The van der Waals surface area contributed by atoms with Crippen LogP contribution < -0.4 is 4.74 Å². The maximum absolute atomic E-state index is 11.3. The standard InChI is InChI=1S/C13H15BrO3/c1-16-12-7-8(3-4-11(12)14)9-5-10(6-9)13(15)17-2/h3-4,7,9-10H,5-6H2,1-2H3. The third-order valence-corrected chi connectivity index (χ3v) is 3.97. The molecule has 0 N–H and O–H groups in total. The van der Waals surface area contributed by atoms with Crippen LogP contribution in [0.25, 0.3) is 0 Å². The van der Waals surface area contributed by atoms with Gasteiger partial charge in [0.2, 0.25) is 0 Å². The molecule has 17 heavy (non-hydrogen) atoms. The molecule has 1 saturated carbocycles. The Balaban J connectivity index is 2.04. The van der Waals surface area contributed by atoms with Crippen molar-refractivity contribution in [2.45, 2.75) is 18.8 Å². The first-order valence-electron chi connectivity index (χ1n) is 5.57. The molecule has 0 radical (unpaired) electrons. The molecule has 3 nitrogen and oxygen atoms in total. The Kier molecular flexibility index (Phi) is 3.72. The van der Waals surface area contributed by atoms with Gasteiger partial charge in [0, 0.05) is 0 Å². The van der Waals surface area contributed by atoms with Crippen LogP contribution in [0.5, 0.6) is 5.75 Å². The van der Waals surface area contributed by atoms with Gasteiger partial charge in [0.1, 0.15) is 5.75 Å². The molecule has 1 aliphatic carbocycles. The fourth-order valence-electron chi connectivity index (χ4n) is 2.18. The molecule has 0 bridgehead atoms. The fraction of sp³-hybridized carbons (Fsp3) is 0.462. The lowest BCUT2D eigenvalue weighted by molar-refractivity contribution is -0.148. The van der Waals surface area contributed by atoms with Gasteiger partial charge in [-0.2, -0.15) is 0 Å². The molecular formula is C13H15BrO3. The zero-order valence-electron chi connectivity index (χ0n) is 9.90. The zero-order valence-corrected chi connectivity index (χ0v) is 11.5. The Bertz CT molecular complexity index is 425. The quantitative estimate of drug-likeness (QED) is 0.804. The molecule has 4 heteroatoms. The van der Waals surface area contributed by atoms with Crippen molar-refractivity contribution >= 4 is 21.9 Å². The second kappa shape index (κ2) is 5.08. The summed E-state index contributed by atoms with van der Waals surface area (Å²) >= 11 is 3.43. The van der Waals surface area contributed by atoms with Crippen LogP contribution in [0, 0.1) is 5.92 Å². The van der Waals surface area contributed by atoms with Crippen LogP contribution in [0.2, 0.25) is 0 Å². The summed E-state index contributed by atoms with van der Waals surface area (Å²) in [5, 5.41) is 0. The monoisotopic (exact) mass is 298 g/mol. The molecule has 0 spiro atoms. The first-order chi connectivity index (χ1) is 8.15. The molecule has 0 aromatic heterocycles. The Hall–Kier alpha value is -1.03. The minimum Gasteiger partial charge on any atom is -0.496 e. The summed E-state index contributed by atoms with van der Waals surface area (Å²) in [6.07, 6.45) is 1.74. The number of hydrogen-bond acceptors (Lipinski definition) is 3. The van der Waals surface area contributed by atoms with Gasteiger partial charge in [0.25, 0.3) is 0 Å². The SMILES string of the molecule is COC(=O)C1CC(c2ccc(Br)c(OC)c2)C1.